The first-order valence-corrected chi connectivity index (χ1v) is 9.67. The van der Waals surface area contributed by atoms with Crippen molar-refractivity contribution in [2.45, 2.75) is 5.75 Å². The van der Waals surface area contributed by atoms with Crippen molar-refractivity contribution in [2.75, 3.05) is 0 Å². The predicted molar refractivity (Wildman–Crippen MR) is 105 cm³/mol. The van der Waals surface area contributed by atoms with Gasteiger partial charge in [-0.15, -0.1) is 5.10 Å². The number of hydrogen-bond acceptors (Lipinski definition) is 4. The van der Waals surface area contributed by atoms with E-state index in [1.54, 1.807) is 4.68 Å². The smallest absolute Gasteiger partial charge is 0.113 e. The maximum atomic E-state index is 10.9. The fourth-order valence-electron chi connectivity index (χ4n) is 2.91. The zero-order valence-corrected chi connectivity index (χ0v) is 15.2. The van der Waals surface area contributed by atoms with Crippen LogP contribution in [0, 0.1) is 0 Å². The summed E-state index contributed by atoms with van der Waals surface area (Å²) < 4.78 is 23.6. The molecule has 1 heterocycles. The molecule has 4 rings (SSSR count). The van der Waals surface area contributed by atoms with Gasteiger partial charge in [-0.25, -0.2) is 4.68 Å². The second-order valence-corrected chi connectivity index (χ2v) is 7.01. The van der Waals surface area contributed by atoms with Crippen LogP contribution in [0.5, 0.6) is 0 Å². The van der Waals surface area contributed by atoms with Crippen LogP contribution in [0.4, 0.5) is 0 Å². The molecule has 27 heavy (non-hydrogen) atoms. The summed E-state index contributed by atoms with van der Waals surface area (Å²) in [6.45, 7) is 0. The first-order chi connectivity index (χ1) is 13.2. The van der Waals surface area contributed by atoms with E-state index in [0.29, 0.717) is 0 Å². The standard InChI is InChI=1S/C21H17N3O2S/c25-27(26)15-16-5-4-8-19(13-16)17-9-11-20(12-10-17)24-14-21(22-23-24)18-6-2-1-3-7-18/h1-14H,15H2,(H,25,26)/p-1. The summed E-state index contributed by atoms with van der Waals surface area (Å²) in [4.78, 5) is 0. The third kappa shape index (κ3) is 4.02. The molecule has 0 saturated heterocycles. The quantitative estimate of drug-likeness (QED) is 0.495. The highest BCUT2D eigenvalue weighted by Gasteiger charge is 2.06. The van der Waals surface area contributed by atoms with Crippen molar-refractivity contribution in [3.05, 3.63) is 90.6 Å². The molecule has 6 heteroatoms. The molecule has 0 aliphatic rings. The average molecular weight is 374 g/mol. The first-order valence-electron chi connectivity index (χ1n) is 8.42. The molecular weight excluding hydrogens is 358 g/mol. The monoisotopic (exact) mass is 374 g/mol. The highest BCUT2D eigenvalue weighted by atomic mass is 32.2. The Balaban J connectivity index is 1.58. The van der Waals surface area contributed by atoms with Crippen LogP contribution in [-0.4, -0.2) is 23.8 Å². The van der Waals surface area contributed by atoms with Crippen molar-refractivity contribution in [3.63, 3.8) is 0 Å². The van der Waals surface area contributed by atoms with Gasteiger partial charge in [0.1, 0.15) is 5.69 Å². The molecule has 4 aromatic rings. The lowest BCUT2D eigenvalue weighted by Gasteiger charge is -2.08. The Morgan fingerprint density at radius 3 is 2.33 bits per heavy atom. The normalized spacial score (nSPS) is 12.0. The fourth-order valence-corrected chi connectivity index (χ4v) is 3.37. The van der Waals surface area contributed by atoms with Crippen molar-refractivity contribution in [3.8, 4) is 28.1 Å². The Kier molecular flexibility index (Phi) is 4.91. The van der Waals surface area contributed by atoms with Gasteiger partial charge in [-0.05, 0) is 28.8 Å². The van der Waals surface area contributed by atoms with Crippen LogP contribution >= 0.6 is 0 Å². The summed E-state index contributed by atoms with van der Waals surface area (Å²) in [6, 6.07) is 25.4. The van der Waals surface area contributed by atoms with Gasteiger partial charge in [0, 0.05) is 11.3 Å². The third-order valence-electron chi connectivity index (χ3n) is 4.24. The maximum absolute atomic E-state index is 10.9. The van der Waals surface area contributed by atoms with Gasteiger partial charge >= 0.3 is 0 Å². The molecule has 0 amide bonds. The minimum absolute atomic E-state index is 0.0210. The molecular formula is C21H16N3O2S-. The number of nitrogens with zero attached hydrogens (tertiary/aromatic N) is 3. The Morgan fingerprint density at radius 1 is 0.852 bits per heavy atom. The molecule has 0 fully saturated rings. The van der Waals surface area contributed by atoms with Crippen LogP contribution in [0.15, 0.2) is 85.1 Å². The van der Waals surface area contributed by atoms with Gasteiger partial charge in [-0.1, -0.05) is 83.0 Å². The van der Waals surface area contributed by atoms with E-state index in [-0.39, 0.29) is 5.75 Å². The van der Waals surface area contributed by atoms with E-state index in [1.165, 1.54) is 0 Å². The summed E-state index contributed by atoms with van der Waals surface area (Å²) in [5, 5.41) is 8.45. The van der Waals surface area contributed by atoms with E-state index < -0.39 is 11.1 Å². The largest absolute Gasteiger partial charge is 0.772 e. The average Bonchev–Trinajstić information content (AvgIpc) is 3.19. The van der Waals surface area contributed by atoms with Gasteiger partial charge < -0.3 is 4.55 Å². The van der Waals surface area contributed by atoms with Crippen LogP contribution in [-0.2, 0) is 16.8 Å². The van der Waals surface area contributed by atoms with Crippen molar-refractivity contribution >= 4 is 11.1 Å². The van der Waals surface area contributed by atoms with E-state index in [1.807, 2.05) is 85.1 Å². The topological polar surface area (TPSA) is 70.8 Å². The Labute approximate surface area is 159 Å². The molecule has 5 nitrogen and oxygen atoms in total. The molecule has 0 radical (unpaired) electrons. The van der Waals surface area contributed by atoms with Gasteiger partial charge in [0.2, 0.25) is 0 Å². The van der Waals surface area contributed by atoms with E-state index >= 15 is 0 Å². The van der Waals surface area contributed by atoms with Crippen molar-refractivity contribution < 1.29 is 8.76 Å². The van der Waals surface area contributed by atoms with Gasteiger partial charge in [-0.2, -0.15) is 0 Å². The molecule has 3 aromatic carbocycles. The zero-order valence-electron chi connectivity index (χ0n) is 14.4. The molecule has 0 bridgehead atoms. The third-order valence-corrected chi connectivity index (χ3v) is 4.81. The minimum Gasteiger partial charge on any atom is -0.772 e. The molecule has 0 spiro atoms. The molecule has 1 aromatic heterocycles. The number of hydrogen-bond donors (Lipinski definition) is 0. The fraction of sp³-hybridized carbons (Fsp3) is 0.0476. The summed E-state index contributed by atoms with van der Waals surface area (Å²) in [5.41, 5.74) is 5.51. The number of aromatic nitrogens is 3. The molecule has 1 atom stereocenters. The molecule has 134 valence electrons. The Bertz CT molecular complexity index is 1080. The first kappa shape index (κ1) is 17.3. The number of rotatable bonds is 5. The molecule has 0 saturated carbocycles. The van der Waals surface area contributed by atoms with Crippen LogP contribution in [0.1, 0.15) is 5.56 Å². The predicted octanol–water partition coefficient (Wildman–Crippen LogP) is 3.98. The van der Waals surface area contributed by atoms with Crippen molar-refractivity contribution in [2.24, 2.45) is 0 Å². The number of benzene rings is 3. The van der Waals surface area contributed by atoms with Crippen LogP contribution in [0.2, 0.25) is 0 Å². The molecule has 1 unspecified atom stereocenters. The highest BCUT2D eigenvalue weighted by molar-refractivity contribution is 7.78. The minimum atomic E-state index is -2.09. The Hall–Kier alpha value is -3.09. The van der Waals surface area contributed by atoms with Gasteiger partial charge in [0.15, 0.2) is 0 Å². The molecule has 0 aliphatic carbocycles. The zero-order chi connectivity index (χ0) is 18.6. The van der Waals surface area contributed by atoms with Crippen LogP contribution in [0.3, 0.4) is 0 Å². The van der Waals surface area contributed by atoms with Gasteiger partial charge in [0.25, 0.3) is 0 Å². The van der Waals surface area contributed by atoms with Crippen molar-refractivity contribution in [1.82, 2.24) is 15.0 Å². The van der Waals surface area contributed by atoms with Gasteiger partial charge in [0.05, 0.1) is 11.9 Å². The highest BCUT2D eigenvalue weighted by Crippen LogP contribution is 2.23. The lowest BCUT2D eigenvalue weighted by Crippen LogP contribution is -1.95. The summed E-state index contributed by atoms with van der Waals surface area (Å²) >= 11 is -2.09. The molecule has 0 aliphatic heterocycles. The van der Waals surface area contributed by atoms with Crippen LogP contribution in [0.25, 0.3) is 28.1 Å². The lowest BCUT2D eigenvalue weighted by molar-refractivity contribution is 0.536. The van der Waals surface area contributed by atoms with Crippen LogP contribution < -0.4 is 0 Å². The van der Waals surface area contributed by atoms with Crippen molar-refractivity contribution in [1.29, 1.82) is 0 Å². The Morgan fingerprint density at radius 2 is 1.59 bits per heavy atom. The maximum Gasteiger partial charge on any atom is 0.113 e. The second-order valence-electron chi connectivity index (χ2n) is 6.11. The van der Waals surface area contributed by atoms with E-state index in [2.05, 4.69) is 10.3 Å². The van der Waals surface area contributed by atoms with Gasteiger partial charge in [-0.3, -0.25) is 4.21 Å². The lowest BCUT2D eigenvalue weighted by atomic mass is 10.0. The van der Waals surface area contributed by atoms with E-state index in [0.717, 1.165) is 33.6 Å². The second kappa shape index (κ2) is 7.65. The van der Waals surface area contributed by atoms with E-state index in [9.17, 15) is 8.76 Å². The summed E-state index contributed by atoms with van der Waals surface area (Å²) in [7, 11) is 0. The summed E-state index contributed by atoms with van der Waals surface area (Å²) in [5.74, 6) is 0.0210. The molecule has 0 N–H and O–H groups in total. The summed E-state index contributed by atoms with van der Waals surface area (Å²) in [6.07, 6.45) is 1.90. The SMILES string of the molecule is O=S([O-])Cc1cccc(-c2ccc(-n3cc(-c4ccccc4)nn3)cc2)c1. The van der Waals surface area contributed by atoms with E-state index in [4.69, 9.17) is 0 Å².